The summed E-state index contributed by atoms with van der Waals surface area (Å²) in [5, 5.41) is 17.1. The molecule has 28 heavy (non-hydrogen) atoms. The Labute approximate surface area is 166 Å². The first kappa shape index (κ1) is 18.6. The van der Waals surface area contributed by atoms with E-state index in [9.17, 15) is 19.5 Å². The lowest BCUT2D eigenvalue weighted by Crippen LogP contribution is -2.36. The summed E-state index contributed by atoms with van der Waals surface area (Å²) in [6, 6.07) is 7.30. The number of benzene rings is 1. The SMILES string of the molecule is O=C(NCCC(O)c1cccs1)C(=O)Nc1cc2c3c(c1)CC(=O)N3CCC2. The second-order valence-corrected chi connectivity index (χ2v) is 7.98. The predicted octanol–water partition coefficient (Wildman–Crippen LogP) is 1.76. The van der Waals surface area contributed by atoms with Crippen LogP contribution in [0.15, 0.2) is 29.6 Å². The number of amides is 3. The van der Waals surface area contributed by atoms with Gasteiger partial charge < -0.3 is 20.6 Å². The van der Waals surface area contributed by atoms with Crippen LogP contribution in [0.4, 0.5) is 11.4 Å². The van der Waals surface area contributed by atoms with E-state index in [0.29, 0.717) is 18.5 Å². The van der Waals surface area contributed by atoms with Crippen molar-refractivity contribution in [1.29, 1.82) is 0 Å². The molecule has 0 fully saturated rings. The number of nitrogens with one attached hydrogen (secondary N) is 2. The molecule has 4 rings (SSSR count). The minimum absolute atomic E-state index is 0.0847. The molecule has 0 aliphatic carbocycles. The molecule has 3 amide bonds. The summed E-state index contributed by atoms with van der Waals surface area (Å²) in [5.41, 5.74) is 3.44. The fourth-order valence-corrected chi connectivity index (χ4v) is 4.51. The standard InChI is InChI=1S/C20H21N3O4S/c24-15(16-4-2-8-28-16)5-6-21-19(26)20(27)22-14-9-12-3-1-7-23-17(25)11-13(10-14)18(12)23/h2,4,8-10,15,24H,1,3,5-7,11H2,(H,21,26)(H,22,27). The second kappa shape index (κ2) is 7.73. The van der Waals surface area contributed by atoms with Gasteiger partial charge in [-0.15, -0.1) is 11.3 Å². The molecule has 2 aliphatic heterocycles. The third-order valence-electron chi connectivity index (χ3n) is 5.05. The molecule has 1 unspecified atom stereocenters. The van der Waals surface area contributed by atoms with Gasteiger partial charge in [0.15, 0.2) is 0 Å². The van der Waals surface area contributed by atoms with Crippen molar-refractivity contribution in [1.82, 2.24) is 5.32 Å². The molecule has 0 radical (unpaired) electrons. The Morgan fingerprint density at radius 2 is 2.07 bits per heavy atom. The van der Waals surface area contributed by atoms with Gasteiger partial charge in [0.2, 0.25) is 5.91 Å². The molecule has 2 aromatic rings. The number of aliphatic hydroxyl groups is 1. The van der Waals surface area contributed by atoms with Gasteiger partial charge >= 0.3 is 11.8 Å². The maximum atomic E-state index is 12.2. The molecule has 146 valence electrons. The van der Waals surface area contributed by atoms with Crippen LogP contribution in [0.3, 0.4) is 0 Å². The smallest absolute Gasteiger partial charge is 0.313 e. The number of aliphatic hydroxyl groups excluding tert-OH is 1. The fourth-order valence-electron chi connectivity index (χ4n) is 3.77. The van der Waals surface area contributed by atoms with E-state index in [0.717, 1.165) is 41.1 Å². The van der Waals surface area contributed by atoms with E-state index >= 15 is 0 Å². The van der Waals surface area contributed by atoms with Crippen LogP contribution in [0.5, 0.6) is 0 Å². The fraction of sp³-hybridized carbons (Fsp3) is 0.350. The zero-order chi connectivity index (χ0) is 19.7. The molecular weight excluding hydrogens is 378 g/mol. The summed E-state index contributed by atoms with van der Waals surface area (Å²) < 4.78 is 0. The van der Waals surface area contributed by atoms with Gasteiger partial charge in [0.05, 0.1) is 18.2 Å². The Hall–Kier alpha value is -2.71. The van der Waals surface area contributed by atoms with E-state index in [2.05, 4.69) is 10.6 Å². The predicted molar refractivity (Wildman–Crippen MR) is 106 cm³/mol. The Morgan fingerprint density at radius 1 is 1.25 bits per heavy atom. The molecule has 0 saturated carbocycles. The number of hydrogen-bond acceptors (Lipinski definition) is 5. The monoisotopic (exact) mass is 399 g/mol. The van der Waals surface area contributed by atoms with Crippen LogP contribution in [0.1, 0.15) is 34.9 Å². The summed E-state index contributed by atoms with van der Waals surface area (Å²) >= 11 is 1.45. The molecule has 3 heterocycles. The van der Waals surface area contributed by atoms with Crippen LogP contribution in [0, 0.1) is 0 Å². The lowest BCUT2D eigenvalue weighted by Gasteiger charge is -2.26. The van der Waals surface area contributed by atoms with Gasteiger partial charge in [0.1, 0.15) is 0 Å². The average molecular weight is 399 g/mol. The van der Waals surface area contributed by atoms with Crippen LogP contribution in [-0.4, -0.2) is 35.9 Å². The molecule has 2 aliphatic rings. The lowest BCUT2D eigenvalue weighted by atomic mass is 9.99. The highest BCUT2D eigenvalue weighted by Crippen LogP contribution is 2.38. The molecule has 7 nitrogen and oxygen atoms in total. The summed E-state index contributed by atoms with van der Waals surface area (Å²) in [5.74, 6) is -1.42. The van der Waals surface area contributed by atoms with Crippen molar-refractivity contribution >= 4 is 40.4 Å². The lowest BCUT2D eigenvalue weighted by molar-refractivity contribution is -0.136. The molecule has 1 aromatic carbocycles. The maximum absolute atomic E-state index is 12.2. The summed E-state index contributed by atoms with van der Waals surface area (Å²) in [6.07, 6.45) is 1.75. The average Bonchev–Trinajstić information content (AvgIpc) is 3.31. The van der Waals surface area contributed by atoms with Crippen molar-refractivity contribution in [3.8, 4) is 0 Å². The second-order valence-electron chi connectivity index (χ2n) is 7.00. The van der Waals surface area contributed by atoms with Gasteiger partial charge in [-0.25, -0.2) is 0 Å². The quantitative estimate of drug-likeness (QED) is 0.667. The first-order valence-corrected chi connectivity index (χ1v) is 10.2. The van der Waals surface area contributed by atoms with Gasteiger partial charge in [0.25, 0.3) is 0 Å². The van der Waals surface area contributed by atoms with Crippen LogP contribution in [-0.2, 0) is 27.2 Å². The van der Waals surface area contributed by atoms with E-state index in [1.807, 2.05) is 28.5 Å². The minimum Gasteiger partial charge on any atom is -0.388 e. The highest BCUT2D eigenvalue weighted by atomic mass is 32.1. The van der Waals surface area contributed by atoms with E-state index in [-0.39, 0.29) is 12.5 Å². The van der Waals surface area contributed by atoms with Crippen molar-refractivity contribution in [2.75, 3.05) is 23.3 Å². The number of carbonyl (C=O) groups is 3. The number of thiophene rings is 1. The molecule has 1 aromatic heterocycles. The highest BCUT2D eigenvalue weighted by Gasteiger charge is 2.32. The van der Waals surface area contributed by atoms with Crippen LogP contribution < -0.4 is 15.5 Å². The maximum Gasteiger partial charge on any atom is 0.313 e. The molecular formula is C20H21N3O4S. The number of anilines is 2. The highest BCUT2D eigenvalue weighted by molar-refractivity contribution is 7.10. The number of nitrogens with zero attached hydrogens (tertiary/aromatic N) is 1. The largest absolute Gasteiger partial charge is 0.388 e. The van der Waals surface area contributed by atoms with Crippen LogP contribution in [0.2, 0.25) is 0 Å². The normalized spacial score (nSPS) is 15.9. The molecule has 8 heteroatoms. The molecule has 0 saturated heterocycles. The Kier molecular flexibility index (Phi) is 5.15. The topological polar surface area (TPSA) is 98.7 Å². The van der Waals surface area contributed by atoms with Crippen molar-refractivity contribution in [3.63, 3.8) is 0 Å². The number of aryl methyl sites for hydroxylation is 1. The van der Waals surface area contributed by atoms with Crippen molar-refractivity contribution < 1.29 is 19.5 Å². The van der Waals surface area contributed by atoms with Gasteiger partial charge in [-0.3, -0.25) is 14.4 Å². The van der Waals surface area contributed by atoms with Gasteiger partial charge in [-0.2, -0.15) is 0 Å². The Balaban J connectivity index is 1.34. The van der Waals surface area contributed by atoms with Gasteiger partial charge in [-0.05, 0) is 54.0 Å². The van der Waals surface area contributed by atoms with E-state index < -0.39 is 17.9 Å². The van der Waals surface area contributed by atoms with E-state index in [1.54, 1.807) is 6.07 Å². The summed E-state index contributed by atoms with van der Waals surface area (Å²) in [7, 11) is 0. The number of carbonyl (C=O) groups excluding carboxylic acids is 3. The summed E-state index contributed by atoms with van der Waals surface area (Å²) in [6.45, 7) is 0.939. The van der Waals surface area contributed by atoms with Crippen LogP contribution >= 0.6 is 11.3 Å². The first-order chi connectivity index (χ1) is 13.5. The third kappa shape index (κ3) is 3.65. The molecule has 0 bridgehead atoms. The Morgan fingerprint density at radius 3 is 2.86 bits per heavy atom. The van der Waals surface area contributed by atoms with Crippen LogP contribution in [0.25, 0.3) is 0 Å². The van der Waals surface area contributed by atoms with Gasteiger partial charge in [-0.1, -0.05) is 6.07 Å². The minimum atomic E-state index is -0.755. The number of rotatable bonds is 5. The molecule has 1 atom stereocenters. The van der Waals surface area contributed by atoms with E-state index in [1.165, 1.54) is 11.3 Å². The third-order valence-corrected chi connectivity index (χ3v) is 6.02. The Bertz CT molecular complexity index is 926. The molecule has 3 N–H and O–H groups in total. The van der Waals surface area contributed by atoms with Gasteiger partial charge in [0, 0.05) is 23.7 Å². The van der Waals surface area contributed by atoms with Crippen molar-refractivity contribution in [3.05, 3.63) is 45.6 Å². The zero-order valence-corrected chi connectivity index (χ0v) is 16.1. The molecule has 0 spiro atoms. The van der Waals surface area contributed by atoms with Crippen molar-refractivity contribution in [2.45, 2.75) is 31.8 Å². The first-order valence-electron chi connectivity index (χ1n) is 9.30. The van der Waals surface area contributed by atoms with E-state index in [4.69, 9.17) is 0 Å². The zero-order valence-electron chi connectivity index (χ0n) is 15.2. The van der Waals surface area contributed by atoms with Crippen molar-refractivity contribution in [2.24, 2.45) is 0 Å². The summed E-state index contributed by atoms with van der Waals surface area (Å²) in [4.78, 5) is 39.0. The number of hydrogen-bond donors (Lipinski definition) is 3.